The van der Waals surface area contributed by atoms with Crippen molar-refractivity contribution in [2.45, 2.75) is 19.8 Å². The molecule has 4 N–H and O–H groups in total. The number of hydrogen-bond donors (Lipinski definition) is 4. The zero-order valence-electron chi connectivity index (χ0n) is 18.1. The lowest BCUT2D eigenvalue weighted by Gasteiger charge is -2.20. The first-order chi connectivity index (χ1) is 15.4. The van der Waals surface area contributed by atoms with E-state index in [0.29, 0.717) is 28.3 Å². The summed E-state index contributed by atoms with van der Waals surface area (Å²) < 4.78 is 0. The van der Waals surface area contributed by atoms with E-state index in [0.717, 1.165) is 36.9 Å². The van der Waals surface area contributed by atoms with Crippen LogP contribution in [-0.2, 0) is 4.79 Å². The van der Waals surface area contributed by atoms with Crippen LogP contribution < -0.4 is 26.4 Å². The smallest absolute Gasteiger partial charge is 0.259 e. The number of fused-ring (bicyclic) bond motifs is 1. The van der Waals surface area contributed by atoms with E-state index in [-0.39, 0.29) is 23.9 Å². The summed E-state index contributed by atoms with van der Waals surface area (Å²) in [7, 11) is 1.57. The molecule has 0 bridgehead atoms. The summed E-state index contributed by atoms with van der Waals surface area (Å²) in [6.07, 6.45) is 3.76. The van der Waals surface area contributed by atoms with Crippen molar-refractivity contribution < 1.29 is 9.59 Å². The summed E-state index contributed by atoms with van der Waals surface area (Å²) in [5.74, 6) is 0.181. The van der Waals surface area contributed by atoms with Gasteiger partial charge in [-0.3, -0.25) is 14.4 Å². The Morgan fingerprint density at radius 2 is 1.91 bits per heavy atom. The van der Waals surface area contributed by atoms with E-state index in [1.54, 1.807) is 31.4 Å². The molecule has 0 atom stereocenters. The first-order valence-corrected chi connectivity index (χ1v) is 10.6. The molecule has 2 aromatic heterocycles. The highest BCUT2D eigenvalue weighted by Crippen LogP contribution is 2.26. The van der Waals surface area contributed by atoms with Gasteiger partial charge >= 0.3 is 0 Å². The second kappa shape index (κ2) is 9.09. The Labute approximate surface area is 185 Å². The number of rotatable bonds is 6. The van der Waals surface area contributed by atoms with Gasteiger partial charge in [0.1, 0.15) is 5.82 Å². The van der Waals surface area contributed by atoms with Crippen LogP contribution in [0.2, 0.25) is 0 Å². The van der Waals surface area contributed by atoms with E-state index in [1.807, 2.05) is 13.0 Å². The van der Waals surface area contributed by atoms with E-state index in [9.17, 15) is 14.4 Å². The summed E-state index contributed by atoms with van der Waals surface area (Å²) in [4.78, 5) is 46.0. The number of nitrogens with zero attached hydrogens (tertiary/aromatic N) is 2. The van der Waals surface area contributed by atoms with Gasteiger partial charge in [-0.2, -0.15) is 0 Å². The number of carbonyl (C=O) groups excluding carboxylic acids is 2. The number of nitrogens with one attached hydrogen (secondary N) is 4. The van der Waals surface area contributed by atoms with Gasteiger partial charge in [0.2, 0.25) is 11.5 Å². The zero-order chi connectivity index (χ0) is 22.7. The number of aryl methyl sites for hydroxylation is 1. The van der Waals surface area contributed by atoms with Gasteiger partial charge in [-0.25, -0.2) is 4.98 Å². The maximum atomic E-state index is 13.3. The molecule has 32 heavy (non-hydrogen) atoms. The topological polar surface area (TPSA) is 119 Å². The van der Waals surface area contributed by atoms with Crippen LogP contribution in [0.4, 0.5) is 17.2 Å². The first kappa shape index (κ1) is 21.4. The fourth-order valence-electron chi connectivity index (χ4n) is 3.87. The highest BCUT2D eigenvalue weighted by molar-refractivity contribution is 6.09. The third-order valence-corrected chi connectivity index (χ3v) is 5.56. The average molecular weight is 435 g/mol. The van der Waals surface area contributed by atoms with Crippen molar-refractivity contribution in [3.63, 3.8) is 0 Å². The summed E-state index contributed by atoms with van der Waals surface area (Å²) >= 11 is 0. The van der Waals surface area contributed by atoms with Crippen molar-refractivity contribution in [3.05, 3.63) is 58.0 Å². The number of likely N-dealkylation sites (N-methyl/N-ethyl adjacent to an activating group) is 1. The molecule has 1 aromatic carbocycles. The lowest BCUT2D eigenvalue weighted by atomic mass is 10.1. The standard InChI is InChI=1S/C23H26N6O3/c1-14-9-20(30)28-19-6-5-15(10-17(14)19)27-23(32)18-11-16(25-13-21(31)24-2)12-26-22(18)29-7-3-4-8-29/h5-6,9-12,25H,3-4,7-8,13H2,1-2H3,(H,24,31)(H,27,32)(H,28,30). The Balaban J connectivity index is 1.64. The summed E-state index contributed by atoms with van der Waals surface area (Å²) in [5.41, 5.74) is 3.04. The van der Waals surface area contributed by atoms with Crippen molar-refractivity contribution in [3.8, 4) is 0 Å². The molecule has 3 aromatic rings. The minimum absolute atomic E-state index is 0.0878. The highest BCUT2D eigenvalue weighted by atomic mass is 16.2. The second-order valence-corrected chi connectivity index (χ2v) is 7.85. The Hall–Kier alpha value is -3.88. The molecule has 0 aliphatic carbocycles. The van der Waals surface area contributed by atoms with Gasteiger partial charge in [0, 0.05) is 42.8 Å². The molecule has 3 heterocycles. The largest absolute Gasteiger partial charge is 0.375 e. The summed E-state index contributed by atoms with van der Waals surface area (Å²) in [6.45, 7) is 3.65. The molecule has 1 aliphatic heterocycles. The van der Waals surface area contributed by atoms with E-state index in [4.69, 9.17) is 0 Å². The Morgan fingerprint density at radius 3 is 2.66 bits per heavy atom. The lowest BCUT2D eigenvalue weighted by molar-refractivity contribution is -0.118. The molecule has 1 aliphatic rings. The van der Waals surface area contributed by atoms with Crippen LogP contribution in [0.25, 0.3) is 10.9 Å². The van der Waals surface area contributed by atoms with E-state index in [1.165, 1.54) is 6.07 Å². The molecular weight excluding hydrogens is 408 g/mol. The van der Waals surface area contributed by atoms with Crippen molar-refractivity contribution in [1.29, 1.82) is 0 Å². The highest BCUT2D eigenvalue weighted by Gasteiger charge is 2.22. The van der Waals surface area contributed by atoms with Crippen LogP contribution in [0, 0.1) is 6.92 Å². The van der Waals surface area contributed by atoms with Crippen LogP contribution in [0.3, 0.4) is 0 Å². The molecule has 2 amide bonds. The fourth-order valence-corrected chi connectivity index (χ4v) is 3.87. The molecule has 0 saturated carbocycles. The van der Waals surface area contributed by atoms with Gasteiger partial charge in [-0.15, -0.1) is 0 Å². The molecular formula is C23H26N6O3. The number of benzene rings is 1. The van der Waals surface area contributed by atoms with Crippen LogP contribution in [0.5, 0.6) is 0 Å². The summed E-state index contributed by atoms with van der Waals surface area (Å²) in [6, 6.07) is 8.63. The third-order valence-electron chi connectivity index (χ3n) is 5.56. The van der Waals surface area contributed by atoms with Gasteiger partial charge < -0.3 is 25.8 Å². The number of hydrogen-bond acceptors (Lipinski definition) is 6. The molecule has 0 spiro atoms. The van der Waals surface area contributed by atoms with E-state index in [2.05, 4.69) is 30.8 Å². The number of carbonyl (C=O) groups is 2. The Morgan fingerprint density at radius 1 is 1.12 bits per heavy atom. The average Bonchev–Trinajstić information content (AvgIpc) is 3.32. The number of anilines is 3. The van der Waals surface area contributed by atoms with Gasteiger partial charge in [-0.05, 0) is 49.6 Å². The molecule has 0 radical (unpaired) electrons. The van der Waals surface area contributed by atoms with Gasteiger partial charge in [0.25, 0.3) is 5.91 Å². The van der Waals surface area contributed by atoms with Crippen molar-refractivity contribution in [1.82, 2.24) is 15.3 Å². The third kappa shape index (κ3) is 4.56. The minimum atomic E-state index is -0.288. The number of H-pyrrole nitrogens is 1. The number of pyridine rings is 2. The number of aromatic amines is 1. The van der Waals surface area contributed by atoms with Gasteiger partial charge in [0.05, 0.1) is 24.0 Å². The maximum absolute atomic E-state index is 13.3. The predicted octanol–water partition coefficient (Wildman–Crippen LogP) is 2.24. The van der Waals surface area contributed by atoms with E-state index < -0.39 is 0 Å². The Bertz CT molecular complexity index is 1230. The Kier molecular flexibility index (Phi) is 6.07. The predicted molar refractivity (Wildman–Crippen MR) is 125 cm³/mol. The molecule has 0 unspecified atom stereocenters. The molecule has 166 valence electrons. The second-order valence-electron chi connectivity index (χ2n) is 7.85. The SMILES string of the molecule is CNC(=O)CNc1cnc(N2CCCC2)c(C(=O)Nc2ccc3[nH]c(=O)cc(C)c3c2)c1. The van der Waals surface area contributed by atoms with Gasteiger partial charge in [-0.1, -0.05) is 0 Å². The van der Waals surface area contributed by atoms with Crippen LogP contribution in [0.1, 0.15) is 28.8 Å². The van der Waals surface area contributed by atoms with E-state index >= 15 is 0 Å². The fraction of sp³-hybridized carbons (Fsp3) is 0.304. The van der Waals surface area contributed by atoms with Crippen molar-refractivity contribution >= 4 is 39.9 Å². The molecule has 4 rings (SSSR count). The van der Waals surface area contributed by atoms with Crippen LogP contribution in [-0.4, -0.2) is 48.5 Å². The summed E-state index contributed by atoms with van der Waals surface area (Å²) in [5, 5.41) is 9.37. The van der Waals surface area contributed by atoms with Crippen LogP contribution in [0.15, 0.2) is 41.3 Å². The number of aromatic nitrogens is 2. The quantitative estimate of drug-likeness (QED) is 0.472. The first-order valence-electron chi connectivity index (χ1n) is 10.6. The van der Waals surface area contributed by atoms with Gasteiger partial charge in [0.15, 0.2) is 0 Å². The lowest BCUT2D eigenvalue weighted by Crippen LogP contribution is -2.27. The monoisotopic (exact) mass is 434 g/mol. The minimum Gasteiger partial charge on any atom is -0.375 e. The van der Waals surface area contributed by atoms with Crippen molar-refractivity contribution in [2.75, 3.05) is 42.2 Å². The normalized spacial score (nSPS) is 13.2. The van der Waals surface area contributed by atoms with Crippen molar-refractivity contribution in [2.24, 2.45) is 0 Å². The van der Waals surface area contributed by atoms with Crippen LogP contribution >= 0.6 is 0 Å². The zero-order valence-corrected chi connectivity index (χ0v) is 18.1. The molecule has 1 fully saturated rings. The molecule has 1 saturated heterocycles. The number of amides is 2. The maximum Gasteiger partial charge on any atom is 0.259 e. The molecule has 9 heteroatoms. The molecule has 9 nitrogen and oxygen atoms in total.